The fourth-order valence-corrected chi connectivity index (χ4v) is 4.10. The molecule has 0 aliphatic heterocycles. The molecule has 0 spiro atoms. The van der Waals surface area contributed by atoms with Crippen LogP contribution in [0.4, 0.5) is 13.2 Å². The van der Waals surface area contributed by atoms with Gasteiger partial charge >= 0.3 is 15.6 Å². The molecule has 4 rings (SSSR count). The Balaban J connectivity index is 0.000000230. The first kappa shape index (κ1) is 29.6. The highest BCUT2D eigenvalue weighted by atomic mass is 32.2. The van der Waals surface area contributed by atoms with Crippen molar-refractivity contribution < 1.29 is 30.9 Å². The van der Waals surface area contributed by atoms with E-state index in [1.807, 2.05) is 61.5 Å². The van der Waals surface area contributed by atoms with Crippen LogP contribution in [0, 0.1) is 13.8 Å². The highest BCUT2D eigenvalue weighted by Crippen LogP contribution is 2.29. The predicted octanol–water partition coefficient (Wildman–Crippen LogP) is 6.28. The minimum atomic E-state index is -5.71. The molecule has 0 fully saturated rings. The average molecular weight is 559 g/mol. The number of pyridine rings is 2. The number of alkyl halides is 3. The number of hydrogen-bond acceptors (Lipinski definition) is 6. The van der Waals surface area contributed by atoms with E-state index in [-0.39, 0.29) is 12.1 Å². The van der Waals surface area contributed by atoms with Crippen LogP contribution in [0.25, 0.3) is 0 Å². The Hall–Kier alpha value is -3.92. The molecule has 0 unspecified atom stereocenters. The third-order valence-corrected chi connectivity index (χ3v) is 6.60. The number of aromatic nitrogens is 2. The van der Waals surface area contributed by atoms with Gasteiger partial charge in [0.05, 0.1) is 11.4 Å². The van der Waals surface area contributed by atoms with Crippen molar-refractivity contribution in [3.8, 4) is 11.5 Å². The van der Waals surface area contributed by atoms with Gasteiger partial charge in [0.2, 0.25) is 0 Å². The third kappa shape index (κ3) is 9.10. The number of aryl methyl sites for hydroxylation is 6. The molecule has 0 aliphatic carbocycles. The lowest BCUT2D eigenvalue weighted by atomic mass is 10.1. The Bertz CT molecular complexity index is 1460. The predicted molar refractivity (Wildman–Crippen MR) is 143 cm³/mol. The Kier molecular flexibility index (Phi) is 10.1. The van der Waals surface area contributed by atoms with Crippen LogP contribution in [0.1, 0.15) is 33.9 Å². The average Bonchev–Trinajstić information content (AvgIpc) is 2.90. The van der Waals surface area contributed by atoms with Crippen molar-refractivity contribution in [2.45, 2.75) is 45.0 Å². The second-order valence-corrected chi connectivity index (χ2v) is 10.3. The van der Waals surface area contributed by atoms with Crippen molar-refractivity contribution >= 4 is 10.1 Å². The summed E-state index contributed by atoms with van der Waals surface area (Å²) in [5.41, 5.74) is -0.795. The molecule has 4 aromatic rings. The van der Waals surface area contributed by atoms with Gasteiger partial charge in [0, 0.05) is 11.4 Å². The lowest BCUT2D eigenvalue weighted by molar-refractivity contribution is -0.0500. The van der Waals surface area contributed by atoms with E-state index >= 15 is 0 Å². The zero-order valence-corrected chi connectivity index (χ0v) is 22.3. The van der Waals surface area contributed by atoms with Gasteiger partial charge in [-0.3, -0.25) is 9.97 Å². The topological polar surface area (TPSA) is 89.4 Å². The van der Waals surface area contributed by atoms with Crippen LogP contribution >= 0.6 is 0 Å². The number of nitrogens with zero attached hydrogens (tertiary/aromatic N) is 2. The quantitative estimate of drug-likeness (QED) is 0.202. The molecule has 206 valence electrons. The van der Waals surface area contributed by atoms with Crippen LogP contribution in [0.5, 0.6) is 11.5 Å². The van der Waals surface area contributed by atoms with Crippen LogP contribution in [0.15, 0.2) is 84.9 Å². The minimum Gasteiger partial charge on any atom is -0.506 e. The molecule has 2 aromatic carbocycles. The van der Waals surface area contributed by atoms with Gasteiger partial charge in [-0.2, -0.15) is 21.6 Å². The van der Waals surface area contributed by atoms with Crippen molar-refractivity contribution in [2.75, 3.05) is 0 Å². The Morgan fingerprint density at radius 3 is 1.67 bits per heavy atom. The Morgan fingerprint density at radius 1 is 0.692 bits per heavy atom. The molecule has 0 aliphatic rings. The number of rotatable bonds is 8. The molecular formula is C29H29F3N2O4S. The molecule has 2 aromatic heterocycles. The SMILES string of the molecule is Cc1ccc(O)c(CCc2ccccc2)n1.Cc1ccc(OS(=O)(=O)C(F)(F)F)c(CCc2ccccc2)n1. The molecule has 6 nitrogen and oxygen atoms in total. The Morgan fingerprint density at radius 2 is 1.15 bits per heavy atom. The van der Waals surface area contributed by atoms with Gasteiger partial charge in [-0.1, -0.05) is 60.7 Å². The number of benzene rings is 2. The van der Waals surface area contributed by atoms with Gasteiger partial charge < -0.3 is 9.29 Å². The molecule has 1 N–H and O–H groups in total. The second kappa shape index (κ2) is 13.2. The molecule has 0 radical (unpaired) electrons. The maximum absolute atomic E-state index is 12.4. The summed E-state index contributed by atoms with van der Waals surface area (Å²) in [6, 6.07) is 25.6. The molecule has 0 bridgehead atoms. The van der Waals surface area contributed by atoms with Crippen LogP contribution < -0.4 is 4.18 Å². The van der Waals surface area contributed by atoms with Crippen LogP contribution in [0.3, 0.4) is 0 Å². The standard InChI is InChI=1S/C15H14F3NO3S.C14H15NO/c1-11-7-10-14(22-23(20,21)15(16,17)18)13(19-11)9-8-12-5-3-2-4-6-12;1-11-7-10-14(16)13(15-11)9-8-12-5-3-2-4-6-12/h2-7,10H,8-9H2,1H3;2-7,10,16H,8-9H2,1H3. The first-order chi connectivity index (χ1) is 18.4. The lowest BCUT2D eigenvalue weighted by Gasteiger charge is -2.13. The first-order valence-electron chi connectivity index (χ1n) is 12.2. The van der Waals surface area contributed by atoms with E-state index in [4.69, 9.17) is 0 Å². The lowest BCUT2D eigenvalue weighted by Crippen LogP contribution is -2.28. The van der Waals surface area contributed by atoms with E-state index in [0.29, 0.717) is 17.9 Å². The number of aromatic hydroxyl groups is 1. The first-order valence-corrected chi connectivity index (χ1v) is 13.6. The zero-order chi connectivity index (χ0) is 28.5. The van der Waals surface area contributed by atoms with Crippen LogP contribution in [-0.4, -0.2) is 29.0 Å². The van der Waals surface area contributed by atoms with E-state index in [9.17, 15) is 26.7 Å². The van der Waals surface area contributed by atoms with E-state index < -0.39 is 21.4 Å². The summed E-state index contributed by atoms with van der Waals surface area (Å²) in [5.74, 6) is -0.106. The molecule has 10 heteroatoms. The van der Waals surface area contributed by atoms with Crippen molar-refractivity contribution in [1.29, 1.82) is 0 Å². The van der Waals surface area contributed by atoms with Gasteiger partial charge in [0.1, 0.15) is 5.75 Å². The monoisotopic (exact) mass is 558 g/mol. The van der Waals surface area contributed by atoms with Crippen molar-refractivity contribution in [1.82, 2.24) is 9.97 Å². The normalized spacial score (nSPS) is 11.4. The minimum absolute atomic E-state index is 0.168. The highest BCUT2D eigenvalue weighted by molar-refractivity contribution is 7.88. The smallest absolute Gasteiger partial charge is 0.506 e. The van der Waals surface area contributed by atoms with Gasteiger partial charge in [0.25, 0.3) is 0 Å². The fourth-order valence-electron chi connectivity index (χ4n) is 3.62. The highest BCUT2D eigenvalue weighted by Gasteiger charge is 2.48. The van der Waals surface area contributed by atoms with Crippen LogP contribution in [-0.2, 0) is 35.8 Å². The van der Waals surface area contributed by atoms with Crippen molar-refractivity contribution in [3.05, 3.63) is 119 Å². The summed E-state index contributed by atoms with van der Waals surface area (Å²) in [6.45, 7) is 3.60. The summed E-state index contributed by atoms with van der Waals surface area (Å²) in [6.07, 6.45) is 2.44. The van der Waals surface area contributed by atoms with Gasteiger partial charge in [-0.15, -0.1) is 0 Å². The van der Waals surface area contributed by atoms with Gasteiger partial charge in [-0.05, 0) is 74.9 Å². The van der Waals surface area contributed by atoms with Crippen molar-refractivity contribution in [2.24, 2.45) is 0 Å². The van der Waals surface area contributed by atoms with Crippen LogP contribution in [0.2, 0.25) is 0 Å². The van der Waals surface area contributed by atoms with E-state index in [0.717, 1.165) is 29.8 Å². The van der Waals surface area contributed by atoms with Gasteiger partial charge in [-0.25, -0.2) is 0 Å². The summed E-state index contributed by atoms with van der Waals surface area (Å²) in [7, 11) is -5.71. The third-order valence-electron chi connectivity index (χ3n) is 5.63. The molecule has 0 saturated carbocycles. The second-order valence-electron chi connectivity index (χ2n) is 8.77. The maximum Gasteiger partial charge on any atom is 0.534 e. The fraction of sp³-hybridized carbons (Fsp3) is 0.241. The molecule has 0 amide bonds. The number of hydrogen-bond donors (Lipinski definition) is 1. The summed E-state index contributed by atoms with van der Waals surface area (Å²) >= 11 is 0. The molecule has 0 atom stereocenters. The molecule has 0 saturated heterocycles. The summed E-state index contributed by atoms with van der Waals surface area (Å²) in [4.78, 5) is 8.44. The summed E-state index contributed by atoms with van der Waals surface area (Å²) in [5, 5.41) is 9.65. The largest absolute Gasteiger partial charge is 0.534 e. The van der Waals surface area contributed by atoms with E-state index in [1.54, 1.807) is 13.0 Å². The molecular weight excluding hydrogens is 529 g/mol. The van der Waals surface area contributed by atoms with E-state index in [2.05, 4.69) is 26.3 Å². The van der Waals surface area contributed by atoms with E-state index in [1.165, 1.54) is 17.7 Å². The molecule has 2 heterocycles. The molecule has 39 heavy (non-hydrogen) atoms. The van der Waals surface area contributed by atoms with Crippen molar-refractivity contribution in [3.63, 3.8) is 0 Å². The summed E-state index contributed by atoms with van der Waals surface area (Å²) < 4.78 is 63.9. The number of halogens is 3. The Labute approximate surface area is 226 Å². The van der Waals surface area contributed by atoms with Gasteiger partial charge in [0.15, 0.2) is 5.75 Å². The zero-order valence-electron chi connectivity index (χ0n) is 21.5. The maximum atomic E-state index is 12.4.